The average molecular weight is 353 g/mol. The number of nitrogens with two attached hydrogens (primary N) is 1. The van der Waals surface area contributed by atoms with E-state index in [2.05, 4.69) is 0 Å². The van der Waals surface area contributed by atoms with Crippen molar-refractivity contribution in [2.75, 3.05) is 18.8 Å². The molecule has 1 unspecified atom stereocenters. The van der Waals surface area contributed by atoms with Crippen molar-refractivity contribution >= 4 is 26.8 Å². The number of halogens is 1. The van der Waals surface area contributed by atoms with Crippen molar-refractivity contribution in [1.82, 2.24) is 9.47 Å². The third-order valence-corrected chi connectivity index (χ3v) is 5.59. The Morgan fingerprint density at radius 1 is 1.42 bits per heavy atom. The van der Waals surface area contributed by atoms with Gasteiger partial charge in [0.15, 0.2) is 0 Å². The molecule has 0 aliphatic carbocycles. The second-order valence-electron chi connectivity index (χ2n) is 6.43. The zero-order valence-electron chi connectivity index (χ0n) is 13.6. The Balaban J connectivity index is 1.90. The fraction of sp³-hybridized carbons (Fsp3) is 0.438. The Morgan fingerprint density at radius 3 is 2.79 bits per heavy atom. The monoisotopic (exact) mass is 353 g/mol. The lowest BCUT2D eigenvalue weighted by Crippen LogP contribution is -2.32. The van der Waals surface area contributed by atoms with Crippen LogP contribution < -0.4 is 5.14 Å². The molecule has 0 saturated carbocycles. The highest BCUT2D eigenvalue weighted by atomic mass is 32.2. The number of carbonyl (C=O) groups is 1. The Morgan fingerprint density at radius 2 is 2.12 bits per heavy atom. The largest absolute Gasteiger partial charge is 0.339 e. The molecule has 0 spiro atoms. The van der Waals surface area contributed by atoms with Gasteiger partial charge in [0.2, 0.25) is 10.0 Å². The van der Waals surface area contributed by atoms with E-state index in [-0.39, 0.29) is 23.4 Å². The molecule has 0 radical (unpaired) electrons. The predicted octanol–water partition coefficient (Wildman–Crippen LogP) is 1.38. The van der Waals surface area contributed by atoms with E-state index in [1.165, 1.54) is 12.1 Å². The number of aryl methyl sites for hydroxylation is 2. The molecular weight excluding hydrogens is 333 g/mol. The number of fused-ring (bicyclic) bond motifs is 1. The fourth-order valence-electron chi connectivity index (χ4n) is 3.54. The summed E-state index contributed by atoms with van der Waals surface area (Å²) in [4.78, 5) is 14.5. The van der Waals surface area contributed by atoms with E-state index in [9.17, 15) is 17.6 Å². The molecule has 8 heteroatoms. The maximum absolute atomic E-state index is 13.5. The lowest BCUT2D eigenvalue weighted by Gasteiger charge is -2.17. The number of amides is 1. The van der Waals surface area contributed by atoms with Gasteiger partial charge in [0, 0.05) is 31.0 Å². The van der Waals surface area contributed by atoms with E-state index in [0.29, 0.717) is 30.6 Å². The van der Waals surface area contributed by atoms with Crippen molar-refractivity contribution < 1.29 is 17.6 Å². The van der Waals surface area contributed by atoms with Crippen LogP contribution in [0.1, 0.15) is 22.5 Å². The molecule has 130 valence electrons. The Kier molecular flexibility index (Phi) is 4.13. The number of benzene rings is 1. The highest BCUT2D eigenvalue weighted by Crippen LogP contribution is 2.28. The molecule has 6 nitrogen and oxygen atoms in total. The van der Waals surface area contributed by atoms with E-state index >= 15 is 0 Å². The summed E-state index contributed by atoms with van der Waals surface area (Å²) in [6.07, 6.45) is 0.611. The standard InChI is InChI=1S/C16H20FN3O3S/c1-10-13-7-12(17)3-4-14(13)19(2)15(10)16(21)20-6-5-11(8-20)9-24(18,22)23/h3-4,7,11H,5-6,8-9H2,1-2H3,(H2,18,22,23). The molecular formula is C16H20FN3O3S. The highest BCUT2D eigenvalue weighted by Gasteiger charge is 2.31. The number of sulfonamides is 1. The number of aromatic nitrogens is 1. The van der Waals surface area contributed by atoms with Crippen LogP contribution >= 0.6 is 0 Å². The molecule has 1 fully saturated rings. The van der Waals surface area contributed by atoms with Crippen LogP contribution in [0.25, 0.3) is 10.9 Å². The molecule has 1 aromatic carbocycles. The average Bonchev–Trinajstić information content (AvgIpc) is 3.01. The maximum Gasteiger partial charge on any atom is 0.270 e. The first-order chi connectivity index (χ1) is 11.2. The molecule has 2 N–H and O–H groups in total. The van der Waals surface area contributed by atoms with Crippen LogP contribution in [0.15, 0.2) is 18.2 Å². The number of nitrogens with zero attached hydrogens (tertiary/aromatic N) is 2. The molecule has 3 rings (SSSR count). The third-order valence-electron chi connectivity index (χ3n) is 4.66. The van der Waals surface area contributed by atoms with Gasteiger partial charge in [-0.15, -0.1) is 0 Å². The van der Waals surface area contributed by atoms with Gasteiger partial charge in [0.05, 0.1) is 5.75 Å². The fourth-order valence-corrected chi connectivity index (χ4v) is 4.47. The van der Waals surface area contributed by atoms with Crippen molar-refractivity contribution in [3.63, 3.8) is 0 Å². The van der Waals surface area contributed by atoms with Gasteiger partial charge >= 0.3 is 0 Å². The summed E-state index contributed by atoms with van der Waals surface area (Å²) in [6, 6.07) is 4.45. The van der Waals surface area contributed by atoms with Crippen LogP contribution in [0.3, 0.4) is 0 Å². The van der Waals surface area contributed by atoms with Gasteiger partial charge in [0.1, 0.15) is 11.5 Å². The van der Waals surface area contributed by atoms with Crippen LogP contribution in [0.5, 0.6) is 0 Å². The maximum atomic E-state index is 13.5. The quantitative estimate of drug-likeness (QED) is 0.904. The zero-order valence-corrected chi connectivity index (χ0v) is 14.4. The molecule has 1 aromatic heterocycles. The second-order valence-corrected chi connectivity index (χ2v) is 8.09. The summed E-state index contributed by atoms with van der Waals surface area (Å²) in [6.45, 7) is 2.66. The van der Waals surface area contributed by atoms with Gasteiger partial charge in [0.25, 0.3) is 5.91 Å². The Bertz CT molecular complexity index is 920. The molecule has 1 atom stereocenters. The van der Waals surface area contributed by atoms with Crippen molar-refractivity contribution in [3.8, 4) is 0 Å². The Labute approximate surface area is 140 Å². The summed E-state index contributed by atoms with van der Waals surface area (Å²) in [5.74, 6) is -0.764. The molecule has 1 amide bonds. The summed E-state index contributed by atoms with van der Waals surface area (Å²) in [5.41, 5.74) is 2.02. The smallest absolute Gasteiger partial charge is 0.270 e. The molecule has 1 aliphatic rings. The van der Waals surface area contributed by atoms with E-state index in [1.807, 2.05) is 0 Å². The lowest BCUT2D eigenvalue weighted by molar-refractivity contribution is 0.0778. The second kappa shape index (κ2) is 5.86. The van der Waals surface area contributed by atoms with Crippen molar-refractivity contribution in [1.29, 1.82) is 0 Å². The topological polar surface area (TPSA) is 85.4 Å². The van der Waals surface area contributed by atoms with Crippen LogP contribution in [-0.2, 0) is 17.1 Å². The highest BCUT2D eigenvalue weighted by molar-refractivity contribution is 7.89. The van der Waals surface area contributed by atoms with Gasteiger partial charge in [-0.05, 0) is 43.0 Å². The summed E-state index contributed by atoms with van der Waals surface area (Å²) >= 11 is 0. The lowest BCUT2D eigenvalue weighted by atomic mass is 10.1. The number of likely N-dealkylation sites (tertiary alicyclic amines) is 1. The van der Waals surface area contributed by atoms with Crippen molar-refractivity contribution in [2.24, 2.45) is 18.1 Å². The van der Waals surface area contributed by atoms with Gasteiger partial charge in [-0.3, -0.25) is 4.79 Å². The summed E-state index contributed by atoms with van der Waals surface area (Å²) < 4.78 is 37.7. The van der Waals surface area contributed by atoms with Crippen LogP contribution in [-0.4, -0.2) is 42.6 Å². The number of hydrogen-bond acceptors (Lipinski definition) is 3. The minimum absolute atomic E-state index is 0.115. The minimum Gasteiger partial charge on any atom is -0.339 e. The van der Waals surface area contributed by atoms with Crippen LogP contribution in [0.4, 0.5) is 4.39 Å². The van der Waals surface area contributed by atoms with Gasteiger partial charge < -0.3 is 9.47 Å². The van der Waals surface area contributed by atoms with E-state index in [0.717, 1.165) is 11.1 Å². The summed E-state index contributed by atoms with van der Waals surface area (Å²) in [5, 5.41) is 5.80. The molecule has 0 bridgehead atoms. The zero-order chi connectivity index (χ0) is 17.6. The normalized spacial score (nSPS) is 18.5. The predicted molar refractivity (Wildman–Crippen MR) is 89.6 cm³/mol. The van der Waals surface area contributed by atoms with Crippen molar-refractivity contribution in [3.05, 3.63) is 35.3 Å². The van der Waals surface area contributed by atoms with Gasteiger partial charge in [-0.1, -0.05) is 0 Å². The van der Waals surface area contributed by atoms with E-state index < -0.39 is 10.0 Å². The van der Waals surface area contributed by atoms with E-state index in [4.69, 9.17) is 5.14 Å². The summed E-state index contributed by atoms with van der Waals surface area (Å²) in [7, 11) is -1.77. The van der Waals surface area contributed by atoms with E-state index in [1.54, 1.807) is 29.5 Å². The molecule has 1 saturated heterocycles. The number of carbonyl (C=O) groups excluding carboxylic acids is 1. The molecule has 24 heavy (non-hydrogen) atoms. The van der Waals surface area contributed by atoms with Crippen LogP contribution in [0.2, 0.25) is 0 Å². The number of hydrogen-bond donors (Lipinski definition) is 1. The first kappa shape index (κ1) is 16.9. The first-order valence-electron chi connectivity index (χ1n) is 7.71. The molecule has 1 aliphatic heterocycles. The molecule has 2 heterocycles. The third kappa shape index (κ3) is 3.03. The van der Waals surface area contributed by atoms with Gasteiger partial charge in [-0.25, -0.2) is 17.9 Å². The SMILES string of the molecule is Cc1c(C(=O)N2CCC(CS(N)(=O)=O)C2)n(C)c2ccc(F)cc12. The number of rotatable bonds is 3. The number of primary sulfonamides is 1. The first-order valence-corrected chi connectivity index (χ1v) is 9.43. The minimum atomic E-state index is -3.55. The van der Waals surface area contributed by atoms with Gasteiger partial charge in [-0.2, -0.15) is 0 Å². The van der Waals surface area contributed by atoms with Crippen LogP contribution in [0, 0.1) is 18.7 Å². The van der Waals surface area contributed by atoms with Crippen molar-refractivity contribution in [2.45, 2.75) is 13.3 Å². The Hall–Kier alpha value is -1.93. The molecule has 2 aromatic rings.